The molecule has 0 aromatic heterocycles. The van der Waals surface area contributed by atoms with Gasteiger partial charge in [0.05, 0.1) is 0 Å². The van der Waals surface area contributed by atoms with Crippen LogP contribution in [0.15, 0.2) is 0 Å². The number of aliphatic carboxylic acids is 2. The summed E-state index contributed by atoms with van der Waals surface area (Å²) in [6.45, 7) is 7.04. The van der Waals surface area contributed by atoms with Crippen LogP contribution in [0.5, 0.6) is 0 Å². The average molecular weight is 290 g/mol. The molecular weight excluding hydrogens is 266 g/mol. The number of carboxylic acid groups (broad SMARTS) is 2. The predicted octanol–water partition coefficient (Wildman–Crippen LogP) is -2.91. The summed E-state index contributed by atoms with van der Waals surface area (Å²) < 4.78 is 0. The van der Waals surface area contributed by atoms with Crippen molar-refractivity contribution in [2.45, 2.75) is 52.9 Å². The Morgan fingerprint density at radius 3 is 1.84 bits per heavy atom. The van der Waals surface area contributed by atoms with Crippen LogP contribution < -0.4 is 70.2 Å². The van der Waals surface area contributed by atoms with Gasteiger partial charge in [-0.2, -0.15) is 12.3 Å². The van der Waals surface area contributed by atoms with Crippen molar-refractivity contribution in [1.29, 1.82) is 0 Å². The molecule has 0 aromatic carbocycles. The summed E-state index contributed by atoms with van der Waals surface area (Å²) in [4.78, 5) is 18.9. The van der Waals surface area contributed by atoms with E-state index in [1.165, 1.54) is 25.7 Å². The van der Waals surface area contributed by atoms with Crippen molar-refractivity contribution in [2.75, 3.05) is 0 Å². The maximum atomic E-state index is 9.43. The summed E-state index contributed by atoms with van der Waals surface area (Å²) in [5.41, 5.74) is 0.514. The number of hydrogen-bond acceptors (Lipinski definition) is 2. The van der Waals surface area contributed by atoms with E-state index >= 15 is 0 Å². The van der Waals surface area contributed by atoms with Crippen LogP contribution in [-0.2, 0) is 9.59 Å². The van der Waals surface area contributed by atoms with Crippen LogP contribution in [0, 0.1) is 17.8 Å². The minimum absolute atomic E-state index is 0. The molecule has 0 heterocycles. The van der Waals surface area contributed by atoms with Gasteiger partial charge in [0.25, 0.3) is 0 Å². The molecule has 1 fully saturated rings. The van der Waals surface area contributed by atoms with Crippen molar-refractivity contribution in [2.24, 2.45) is 11.3 Å². The SMILES string of the molecule is CC(C)(C)C1[CH-]CCCC1.O=C(O)CC(=O)O.[H-].[K+].[Li+]. The molecule has 1 aliphatic rings. The Hall–Kier alpha value is 1.17. The molecule has 0 spiro atoms. The fraction of sp³-hybridized carbons (Fsp3) is 0.769. The summed E-state index contributed by atoms with van der Waals surface area (Å²) in [7, 11) is 0. The molecular formula is C13H24KLiO4. The van der Waals surface area contributed by atoms with Crippen LogP contribution in [0.2, 0.25) is 0 Å². The van der Waals surface area contributed by atoms with E-state index in [4.69, 9.17) is 10.2 Å². The number of carbonyl (C=O) groups is 2. The van der Waals surface area contributed by atoms with Crippen LogP contribution >= 0.6 is 0 Å². The summed E-state index contributed by atoms with van der Waals surface area (Å²) in [6.07, 6.45) is 7.35. The molecule has 0 aromatic rings. The molecule has 2 N–H and O–H groups in total. The van der Waals surface area contributed by atoms with E-state index in [9.17, 15) is 9.59 Å². The van der Waals surface area contributed by atoms with E-state index in [2.05, 4.69) is 27.2 Å². The Bertz CT molecular complexity index is 252. The van der Waals surface area contributed by atoms with Gasteiger partial charge in [-0.1, -0.05) is 45.4 Å². The Balaban J connectivity index is -0.000000117. The van der Waals surface area contributed by atoms with Gasteiger partial charge in [-0.3, -0.25) is 9.59 Å². The van der Waals surface area contributed by atoms with Gasteiger partial charge in [0.2, 0.25) is 0 Å². The standard InChI is InChI=1S/C10H19.C3H4O4.K.Li.H/c1-10(2,3)9-7-5-4-6-8-9;4-2(5)1-3(6)7;;;/h7,9H,4-6,8H2,1-3H3;1H2,(H,4,5)(H,6,7);;;/q-1;;2*+1;-1. The Labute approximate surface area is 172 Å². The first-order valence-electron chi connectivity index (χ1n) is 6.00. The second-order valence-corrected chi connectivity index (χ2v) is 5.46. The summed E-state index contributed by atoms with van der Waals surface area (Å²) in [5, 5.41) is 15.4. The predicted molar refractivity (Wildman–Crippen MR) is 66.7 cm³/mol. The van der Waals surface area contributed by atoms with Crippen molar-refractivity contribution >= 4 is 11.9 Å². The molecule has 0 saturated heterocycles. The van der Waals surface area contributed by atoms with Gasteiger partial charge < -0.3 is 18.1 Å². The molecule has 19 heavy (non-hydrogen) atoms. The molecule has 1 rings (SSSR count). The van der Waals surface area contributed by atoms with Crippen molar-refractivity contribution in [3.63, 3.8) is 0 Å². The zero-order chi connectivity index (χ0) is 13.5. The molecule has 0 amide bonds. The van der Waals surface area contributed by atoms with Crippen molar-refractivity contribution in [3.8, 4) is 0 Å². The van der Waals surface area contributed by atoms with Gasteiger partial charge in [-0.15, -0.1) is 0 Å². The number of rotatable bonds is 2. The van der Waals surface area contributed by atoms with E-state index in [1.807, 2.05) is 0 Å². The maximum absolute atomic E-state index is 9.43. The van der Waals surface area contributed by atoms with E-state index in [0.29, 0.717) is 5.41 Å². The van der Waals surface area contributed by atoms with Crippen LogP contribution in [-0.4, -0.2) is 22.2 Å². The summed E-state index contributed by atoms with van der Waals surface area (Å²) >= 11 is 0. The molecule has 0 bridgehead atoms. The van der Waals surface area contributed by atoms with Gasteiger partial charge in [-0.05, 0) is 0 Å². The molecule has 102 valence electrons. The molecule has 1 atom stereocenters. The fourth-order valence-corrected chi connectivity index (χ4v) is 1.86. The first-order chi connectivity index (χ1) is 7.73. The fourth-order valence-electron chi connectivity index (χ4n) is 1.86. The van der Waals surface area contributed by atoms with Gasteiger partial charge >= 0.3 is 82.2 Å². The van der Waals surface area contributed by atoms with Gasteiger partial charge in [-0.25, -0.2) is 0 Å². The minimum atomic E-state index is -1.31. The van der Waals surface area contributed by atoms with E-state index in [-0.39, 0.29) is 71.7 Å². The normalized spacial score (nSPS) is 17.9. The van der Waals surface area contributed by atoms with Gasteiger partial charge in [0.15, 0.2) is 0 Å². The van der Waals surface area contributed by atoms with Crippen LogP contribution in [0.25, 0.3) is 0 Å². The molecule has 1 unspecified atom stereocenters. The zero-order valence-corrected chi connectivity index (χ0v) is 16.0. The van der Waals surface area contributed by atoms with Crippen LogP contribution in [0.4, 0.5) is 0 Å². The molecule has 0 radical (unpaired) electrons. The third-order valence-corrected chi connectivity index (χ3v) is 2.84. The third-order valence-electron chi connectivity index (χ3n) is 2.84. The van der Waals surface area contributed by atoms with Crippen LogP contribution in [0.3, 0.4) is 0 Å². The Morgan fingerprint density at radius 2 is 1.68 bits per heavy atom. The minimum Gasteiger partial charge on any atom is -1.00 e. The quantitative estimate of drug-likeness (QED) is 0.325. The van der Waals surface area contributed by atoms with Crippen molar-refractivity contribution in [3.05, 3.63) is 6.42 Å². The van der Waals surface area contributed by atoms with Crippen molar-refractivity contribution in [1.82, 2.24) is 0 Å². The second kappa shape index (κ2) is 12.9. The topological polar surface area (TPSA) is 74.6 Å². The number of hydrogen-bond donors (Lipinski definition) is 2. The Morgan fingerprint density at radius 1 is 1.21 bits per heavy atom. The Kier molecular flexibility index (Phi) is 17.0. The molecule has 1 saturated carbocycles. The molecule has 0 aliphatic heterocycles. The van der Waals surface area contributed by atoms with E-state index < -0.39 is 18.4 Å². The van der Waals surface area contributed by atoms with Gasteiger partial charge in [0.1, 0.15) is 6.42 Å². The summed E-state index contributed by atoms with van der Waals surface area (Å²) in [6, 6.07) is 0. The largest absolute Gasteiger partial charge is 1.00 e. The second-order valence-electron chi connectivity index (χ2n) is 5.46. The average Bonchev–Trinajstić information content (AvgIpc) is 2.16. The first kappa shape index (κ1) is 25.1. The van der Waals surface area contributed by atoms with E-state index in [1.54, 1.807) is 0 Å². The molecule has 6 heteroatoms. The maximum Gasteiger partial charge on any atom is 1.00 e. The van der Waals surface area contributed by atoms with Gasteiger partial charge in [0, 0.05) is 0 Å². The molecule has 4 nitrogen and oxygen atoms in total. The third kappa shape index (κ3) is 15.4. The molecule has 1 aliphatic carbocycles. The monoisotopic (exact) mass is 290 g/mol. The first-order valence-corrected chi connectivity index (χ1v) is 6.00. The van der Waals surface area contributed by atoms with Crippen molar-refractivity contribution < 1.29 is 91.5 Å². The smallest absolute Gasteiger partial charge is 1.00 e. The number of carboxylic acids is 2. The summed E-state index contributed by atoms with van der Waals surface area (Å²) in [5.74, 6) is -1.75. The van der Waals surface area contributed by atoms with Crippen LogP contribution in [0.1, 0.15) is 54.3 Å². The zero-order valence-electron chi connectivity index (χ0n) is 13.9. The van der Waals surface area contributed by atoms with E-state index in [0.717, 1.165) is 5.92 Å².